The Labute approximate surface area is 123 Å². The molecule has 0 amide bonds. The number of carbonyl (C=O) groups is 1. The molecule has 2 heterocycles. The molecule has 2 rings (SSSR count). The lowest BCUT2D eigenvalue weighted by Crippen LogP contribution is -2.10. The van der Waals surface area contributed by atoms with E-state index in [1.807, 2.05) is 0 Å². The van der Waals surface area contributed by atoms with Crippen molar-refractivity contribution in [2.45, 2.75) is 6.18 Å². The van der Waals surface area contributed by atoms with Crippen molar-refractivity contribution in [3.05, 3.63) is 49.3 Å². The van der Waals surface area contributed by atoms with Gasteiger partial charge in [-0.15, -0.1) is 11.3 Å². The SMILES string of the molecule is O=C(c1ccc(C(F)(F)F)nc1Cl)c1sccc1Br. The molecule has 0 atom stereocenters. The van der Waals surface area contributed by atoms with Gasteiger partial charge in [-0.2, -0.15) is 13.2 Å². The first-order valence-electron chi connectivity index (χ1n) is 4.82. The van der Waals surface area contributed by atoms with E-state index >= 15 is 0 Å². The molecule has 19 heavy (non-hydrogen) atoms. The van der Waals surface area contributed by atoms with E-state index < -0.39 is 22.8 Å². The van der Waals surface area contributed by atoms with Crippen molar-refractivity contribution in [1.82, 2.24) is 4.98 Å². The van der Waals surface area contributed by atoms with Crippen LogP contribution in [0.25, 0.3) is 0 Å². The fourth-order valence-corrected chi connectivity index (χ4v) is 3.08. The van der Waals surface area contributed by atoms with E-state index in [1.165, 1.54) is 11.3 Å². The summed E-state index contributed by atoms with van der Waals surface area (Å²) in [5.74, 6) is -0.465. The first kappa shape index (κ1) is 14.5. The van der Waals surface area contributed by atoms with E-state index in [0.29, 0.717) is 9.35 Å². The maximum atomic E-state index is 12.4. The summed E-state index contributed by atoms with van der Waals surface area (Å²) in [5.41, 5.74) is -1.18. The maximum absolute atomic E-state index is 12.4. The highest BCUT2D eigenvalue weighted by Crippen LogP contribution is 2.31. The summed E-state index contributed by atoms with van der Waals surface area (Å²) < 4.78 is 37.8. The van der Waals surface area contributed by atoms with Gasteiger partial charge in [0.1, 0.15) is 10.8 Å². The number of aromatic nitrogens is 1. The van der Waals surface area contributed by atoms with Crippen LogP contribution in [-0.2, 0) is 6.18 Å². The second-order valence-electron chi connectivity index (χ2n) is 3.46. The molecule has 0 aliphatic carbocycles. The number of hydrogen-bond donors (Lipinski definition) is 0. The standard InChI is InChI=1S/C11H4BrClF3NOS/c12-6-3-4-19-9(6)8(18)5-1-2-7(11(14,15)16)17-10(5)13/h1-4H. The molecule has 0 aliphatic rings. The molecule has 0 unspecified atom stereocenters. The predicted octanol–water partition coefficient (Wildman–Crippen LogP) is 4.81. The number of hydrogen-bond acceptors (Lipinski definition) is 3. The summed E-state index contributed by atoms with van der Waals surface area (Å²) in [6.45, 7) is 0. The molecule has 0 aliphatic heterocycles. The molecule has 0 radical (unpaired) electrons. The van der Waals surface area contributed by atoms with Gasteiger partial charge in [0.2, 0.25) is 5.78 Å². The van der Waals surface area contributed by atoms with Crippen molar-refractivity contribution < 1.29 is 18.0 Å². The Morgan fingerprint density at radius 3 is 2.47 bits per heavy atom. The van der Waals surface area contributed by atoms with Crippen LogP contribution in [0.2, 0.25) is 5.15 Å². The van der Waals surface area contributed by atoms with E-state index in [-0.39, 0.29) is 5.56 Å². The van der Waals surface area contributed by atoms with Crippen LogP contribution < -0.4 is 0 Å². The van der Waals surface area contributed by atoms with Crippen LogP contribution >= 0.6 is 38.9 Å². The molecule has 0 bridgehead atoms. The molecule has 0 aromatic carbocycles. The monoisotopic (exact) mass is 369 g/mol. The molecule has 0 saturated carbocycles. The van der Waals surface area contributed by atoms with Crippen molar-refractivity contribution >= 4 is 44.7 Å². The van der Waals surface area contributed by atoms with Gasteiger partial charge in [0.15, 0.2) is 0 Å². The Morgan fingerprint density at radius 2 is 2.00 bits per heavy atom. The number of rotatable bonds is 2. The largest absolute Gasteiger partial charge is 0.433 e. The third-order valence-electron chi connectivity index (χ3n) is 2.21. The zero-order valence-corrected chi connectivity index (χ0v) is 12.1. The second kappa shape index (κ2) is 5.22. The molecule has 2 aromatic heterocycles. The Bertz CT molecular complexity index is 641. The fourth-order valence-electron chi connectivity index (χ4n) is 1.34. The zero-order chi connectivity index (χ0) is 14.2. The van der Waals surface area contributed by atoms with Crippen LogP contribution in [0.4, 0.5) is 13.2 Å². The van der Waals surface area contributed by atoms with Crippen molar-refractivity contribution in [1.29, 1.82) is 0 Å². The van der Waals surface area contributed by atoms with E-state index in [0.717, 1.165) is 12.1 Å². The first-order valence-corrected chi connectivity index (χ1v) is 6.87. The zero-order valence-electron chi connectivity index (χ0n) is 8.96. The first-order chi connectivity index (χ1) is 8.80. The normalized spacial score (nSPS) is 11.6. The van der Waals surface area contributed by atoms with Crippen molar-refractivity contribution in [3.8, 4) is 0 Å². The summed E-state index contributed by atoms with van der Waals surface area (Å²) in [6, 6.07) is 3.44. The van der Waals surface area contributed by atoms with Gasteiger partial charge in [-0.1, -0.05) is 11.6 Å². The molecule has 8 heteroatoms. The van der Waals surface area contributed by atoms with Crippen LogP contribution in [-0.4, -0.2) is 10.8 Å². The molecule has 0 saturated heterocycles. The second-order valence-corrected chi connectivity index (χ2v) is 5.59. The lowest BCUT2D eigenvalue weighted by atomic mass is 10.1. The van der Waals surface area contributed by atoms with Gasteiger partial charge >= 0.3 is 6.18 Å². The lowest BCUT2D eigenvalue weighted by molar-refractivity contribution is -0.141. The molecule has 0 spiro atoms. The highest BCUT2D eigenvalue weighted by Gasteiger charge is 2.33. The summed E-state index contributed by atoms with van der Waals surface area (Å²) in [5, 5.41) is 1.23. The average Bonchev–Trinajstić information content (AvgIpc) is 2.73. The summed E-state index contributed by atoms with van der Waals surface area (Å²) in [7, 11) is 0. The van der Waals surface area contributed by atoms with Gasteiger partial charge in [0.05, 0.1) is 10.4 Å². The molecule has 2 nitrogen and oxygen atoms in total. The van der Waals surface area contributed by atoms with Crippen molar-refractivity contribution in [3.63, 3.8) is 0 Å². The number of pyridine rings is 1. The number of nitrogens with zero attached hydrogens (tertiary/aromatic N) is 1. The van der Waals surface area contributed by atoms with E-state index in [9.17, 15) is 18.0 Å². The molecular formula is C11H4BrClF3NOS. The van der Waals surface area contributed by atoms with Crippen LogP contribution in [0, 0.1) is 0 Å². The smallest absolute Gasteiger partial charge is 0.288 e. The molecular weight excluding hydrogens is 367 g/mol. The highest BCUT2D eigenvalue weighted by atomic mass is 79.9. The molecule has 100 valence electrons. The Morgan fingerprint density at radius 1 is 1.32 bits per heavy atom. The maximum Gasteiger partial charge on any atom is 0.433 e. The molecule has 2 aromatic rings. The number of thiophene rings is 1. The van der Waals surface area contributed by atoms with Gasteiger partial charge < -0.3 is 0 Å². The van der Waals surface area contributed by atoms with Gasteiger partial charge in [-0.3, -0.25) is 4.79 Å². The van der Waals surface area contributed by atoms with E-state index in [2.05, 4.69) is 20.9 Å². The quantitative estimate of drug-likeness (QED) is 0.561. The Hall–Kier alpha value is -0.920. The van der Waals surface area contributed by atoms with Crippen molar-refractivity contribution in [2.75, 3.05) is 0 Å². The Balaban J connectivity index is 2.43. The van der Waals surface area contributed by atoms with Crippen LogP contribution in [0.5, 0.6) is 0 Å². The van der Waals surface area contributed by atoms with E-state index in [4.69, 9.17) is 11.6 Å². The summed E-state index contributed by atoms with van der Waals surface area (Å²) in [4.78, 5) is 15.7. The Kier molecular flexibility index (Phi) is 3.98. The highest BCUT2D eigenvalue weighted by molar-refractivity contribution is 9.10. The lowest BCUT2D eigenvalue weighted by Gasteiger charge is -2.08. The van der Waals surface area contributed by atoms with Crippen LogP contribution in [0.3, 0.4) is 0 Å². The minimum absolute atomic E-state index is 0.0576. The van der Waals surface area contributed by atoms with Crippen molar-refractivity contribution in [2.24, 2.45) is 0 Å². The summed E-state index contributed by atoms with van der Waals surface area (Å²) >= 11 is 10.0. The van der Waals surface area contributed by atoms with Gasteiger partial charge in [-0.05, 0) is 39.5 Å². The number of carbonyl (C=O) groups excluding carboxylic acids is 1. The average molecular weight is 371 g/mol. The molecule has 0 N–H and O–H groups in total. The van der Waals surface area contributed by atoms with E-state index in [1.54, 1.807) is 11.4 Å². The number of ketones is 1. The third kappa shape index (κ3) is 2.98. The third-order valence-corrected chi connectivity index (χ3v) is 4.33. The van der Waals surface area contributed by atoms with Gasteiger partial charge in [-0.25, -0.2) is 4.98 Å². The van der Waals surface area contributed by atoms with Crippen LogP contribution in [0.15, 0.2) is 28.1 Å². The number of alkyl halides is 3. The van der Waals surface area contributed by atoms with Gasteiger partial charge in [0.25, 0.3) is 0 Å². The molecule has 0 fully saturated rings. The predicted molar refractivity (Wildman–Crippen MR) is 69.7 cm³/mol. The topological polar surface area (TPSA) is 30.0 Å². The van der Waals surface area contributed by atoms with Crippen LogP contribution in [0.1, 0.15) is 20.9 Å². The number of halogens is 5. The minimum Gasteiger partial charge on any atom is -0.288 e. The van der Waals surface area contributed by atoms with Gasteiger partial charge in [0, 0.05) is 4.47 Å². The summed E-state index contributed by atoms with van der Waals surface area (Å²) in [6.07, 6.45) is -4.59. The fraction of sp³-hybridized carbons (Fsp3) is 0.0909. The minimum atomic E-state index is -4.59.